The number of aromatic nitrogens is 2. The van der Waals surface area contributed by atoms with Crippen LogP contribution in [0.5, 0.6) is 0 Å². The van der Waals surface area contributed by atoms with Gasteiger partial charge in [0.2, 0.25) is 5.60 Å². The Labute approximate surface area is 129 Å². The van der Waals surface area contributed by atoms with Crippen molar-refractivity contribution in [3.8, 4) is 17.5 Å². The highest BCUT2D eigenvalue weighted by Crippen LogP contribution is 2.21. The Balaban J connectivity index is 1.94. The highest BCUT2D eigenvalue weighted by atomic mass is 16.3. The van der Waals surface area contributed by atoms with Gasteiger partial charge in [0.1, 0.15) is 0 Å². The smallest absolute Gasteiger partial charge is 0.267 e. The largest absolute Gasteiger partial charge is 0.369 e. The maximum absolute atomic E-state index is 11.9. The molecule has 5 heteroatoms. The van der Waals surface area contributed by atoms with Crippen molar-refractivity contribution in [2.45, 2.75) is 18.9 Å². The standard InChI is InChI=1S/C17H17N3O2/c1-13-10-14(12-15(11-13)20-8-3-7-18-20)4-5-17(22)6-9-19(2)16(17)21/h3,7-8,10-12,22H,6,9H2,1-2H3/t17-/m0/s1. The molecule has 22 heavy (non-hydrogen) atoms. The van der Waals surface area contributed by atoms with E-state index in [1.165, 1.54) is 4.90 Å². The van der Waals surface area contributed by atoms with Gasteiger partial charge in [0.15, 0.2) is 0 Å². The Kier molecular flexibility index (Phi) is 3.47. The minimum absolute atomic E-state index is 0.333. The molecule has 1 amide bonds. The Morgan fingerprint density at radius 2 is 2.18 bits per heavy atom. The van der Waals surface area contributed by atoms with Gasteiger partial charge in [0.25, 0.3) is 5.91 Å². The molecule has 1 aromatic heterocycles. The second-order valence-corrected chi connectivity index (χ2v) is 5.59. The van der Waals surface area contributed by atoms with Crippen LogP contribution in [-0.4, -0.2) is 44.9 Å². The second-order valence-electron chi connectivity index (χ2n) is 5.59. The molecule has 1 aliphatic heterocycles. The van der Waals surface area contributed by atoms with Gasteiger partial charge in [-0.3, -0.25) is 4.79 Å². The number of carbonyl (C=O) groups is 1. The number of carbonyl (C=O) groups excluding carboxylic acids is 1. The van der Waals surface area contributed by atoms with E-state index in [-0.39, 0.29) is 5.91 Å². The summed E-state index contributed by atoms with van der Waals surface area (Å²) in [7, 11) is 1.67. The van der Waals surface area contributed by atoms with Crippen molar-refractivity contribution in [1.82, 2.24) is 14.7 Å². The van der Waals surface area contributed by atoms with E-state index < -0.39 is 5.60 Å². The van der Waals surface area contributed by atoms with Gasteiger partial charge < -0.3 is 10.0 Å². The summed E-state index contributed by atoms with van der Waals surface area (Å²) < 4.78 is 1.75. The second kappa shape index (κ2) is 5.32. The van der Waals surface area contributed by atoms with Crippen LogP contribution in [0.3, 0.4) is 0 Å². The molecule has 0 radical (unpaired) electrons. The summed E-state index contributed by atoms with van der Waals surface area (Å²) in [5.41, 5.74) is 1.13. The SMILES string of the molecule is Cc1cc(C#C[C@]2(O)CCN(C)C2=O)cc(-n2cccn2)c1. The van der Waals surface area contributed by atoms with Crippen LogP contribution in [0.1, 0.15) is 17.5 Å². The van der Waals surface area contributed by atoms with Crippen molar-refractivity contribution in [2.75, 3.05) is 13.6 Å². The Hall–Kier alpha value is -2.58. The van der Waals surface area contributed by atoms with E-state index >= 15 is 0 Å². The fourth-order valence-electron chi connectivity index (χ4n) is 2.53. The lowest BCUT2D eigenvalue weighted by molar-refractivity contribution is -0.137. The normalized spacial score (nSPS) is 20.9. The van der Waals surface area contributed by atoms with Crippen molar-refractivity contribution in [1.29, 1.82) is 0 Å². The van der Waals surface area contributed by atoms with Crippen LogP contribution in [0, 0.1) is 18.8 Å². The number of hydrogen-bond acceptors (Lipinski definition) is 3. The third-order valence-corrected chi connectivity index (χ3v) is 3.75. The maximum atomic E-state index is 11.9. The predicted molar refractivity (Wildman–Crippen MR) is 82.4 cm³/mol. The van der Waals surface area contributed by atoms with E-state index in [0.29, 0.717) is 13.0 Å². The molecular formula is C17H17N3O2. The molecule has 1 aliphatic rings. The number of rotatable bonds is 1. The van der Waals surface area contributed by atoms with Crippen LogP contribution in [-0.2, 0) is 4.79 Å². The van der Waals surface area contributed by atoms with Crippen LogP contribution >= 0.6 is 0 Å². The zero-order chi connectivity index (χ0) is 15.7. The van der Waals surface area contributed by atoms with Crippen molar-refractivity contribution in [3.05, 3.63) is 47.8 Å². The molecule has 2 heterocycles. The predicted octanol–water partition coefficient (Wildman–Crippen LogP) is 1.13. The zero-order valence-corrected chi connectivity index (χ0v) is 12.6. The first-order valence-corrected chi connectivity index (χ1v) is 7.11. The maximum Gasteiger partial charge on any atom is 0.267 e. The summed E-state index contributed by atoms with van der Waals surface area (Å²) >= 11 is 0. The number of benzene rings is 1. The summed E-state index contributed by atoms with van der Waals surface area (Å²) in [5.74, 6) is 5.34. The average molecular weight is 295 g/mol. The van der Waals surface area contributed by atoms with E-state index in [1.807, 2.05) is 37.4 Å². The number of amides is 1. The lowest BCUT2D eigenvalue weighted by Crippen LogP contribution is -2.37. The molecule has 0 aliphatic carbocycles. The summed E-state index contributed by atoms with van der Waals surface area (Å²) in [4.78, 5) is 13.4. The van der Waals surface area contributed by atoms with Gasteiger partial charge >= 0.3 is 0 Å². The zero-order valence-electron chi connectivity index (χ0n) is 12.6. The molecule has 112 valence electrons. The van der Waals surface area contributed by atoms with Gasteiger partial charge in [-0.1, -0.05) is 11.8 Å². The average Bonchev–Trinajstić information content (AvgIpc) is 3.11. The molecule has 3 rings (SSSR count). The summed E-state index contributed by atoms with van der Waals surface area (Å²) in [6, 6.07) is 7.66. The summed E-state index contributed by atoms with van der Waals surface area (Å²) in [6.45, 7) is 2.50. The third kappa shape index (κ3) is 2.61. The highest BCUT2D eigenvalue weighted by Gasteiger charge is 2.42. The topological polar surface area (TPSA) is 58.4 Å². The number of likely N-dealkylation sites (N-methyl/N-ethyl adjacent to an activating group) is 1. The molecule has 1 saturated heterocycles. The van der Waals surface area contributed by atoms with Crippen LogP contribution in [0.4, 0.5) is 0 Å². The van der Waals surface area contributed by atoms with Crippen LogP contribution < -0.4 is 0 Å². The van der Waals surface area contributed by atoms with E-state index in [2.05, 4.69) is 16.9 Å². The monoisotopic (exact) mass is 295 g/mol. The van der Waals surface area contributed by atoms with Gasteiger partial charge in [-0.2, -0.15) is 5.10 Å². The van der Waals surface area contributed by atoms with E-state index in [4.69, 9.17) is 0 Å². The quantitative estimate of drug-likeness (QED) is 0.802. The van der Waals surface area contributed by atoms with Crippen LogP contribution in [0.25, 0.3) is 5.69 Å². The minimum atomic E-state index is -1.57. The lowest BCUT2D eigenvalue weighted by Gasteiger charge is -2.13. The number of hydrogen-bond donors (Lipinski definition) is 1. The molecule has 2 aromatic rings. The Morgan fingerprint density at radius 1 is 1.36 bits per heavy atom. The first kappa shape index (κ1) is 14.4. The highest BCUT2D eigenvalue weighted by molar-refractivity contribution is 5.90. The molecule has 1 aromatic carbocycles. The molecule has 5 nitrogen and oxygen atoms in total. The molecule has 0 saturated carbocycles. The first-order chi connectivity index (χ1) is 10.5. The van der Waals surface area contributed by atoms with Crippen molar-refractivity contribution in [2.24, 2.45) is 0 Å². The number of nitrogens with zero attached hydrogens (tertiary/aromatic N) is 3. The van der Waals surface area contributed by atoms with Gasteiger partial charge in [0.05, 0.1) is 5.69 Å². The fraction of sp³-hybridized carbons (Fsp3) is 0.294. The minimum Gasteiger partial charge on any atom is -0.369 e. The molecule has 0 spiro atoms. The molecule has 1 fully saturated rings. The summed E-state index contributed by atoms with van der Waals surface area (Å²) in [5, 5.41) is 14.5. The fourth-order valence-corrected chi connectivity index (χ4v) is 2.53. The van der Waals surface area contributed by atoms with Crippen molar-refractivity contribution in [3.63, 3.8) is 0 Å². The van der Waals surface area contributed by atoms with Crippen LogP contribution in [0.15, 0.2) is 36.7 Å². The molecule has 0 bridgehead atoms. The third-order valence-electron chi connectivity index (χ3n) is 3.75. The Bertz CT molecular complexity index is 771. The van der Waals surface area contributed by atoms with Gasteiger partial charge in [-0.05, 0) is 36.8 Å². The molecular weight excluding hydrogens is 278 g/mol. The van der Waals surface area contributed by atoms with E-state index in [1.54, 1.807) is 17.9 Å². The van der Waals surface area contributed by atoms with E-state index in [9.17, 15) is 9.90 Å². The summed E-state index contributed by atoms with van der Waals surface area (Å²) in [6.07, 6.45) is 3.91. The number of aryl methyl sites for hydroxylation is 1. The van der Waals surface area contributed by atoms with Gasteiger partial charge in [-0.25, -0.2) is 4.68 Å². The van der Waals surface area contributed by atoms with Crippen molar-refractivity contribution >= 4 is 5.91 Å². The number of aliphatic hydroxyl groups is 1. The van der Waals surface area contributed by atoms with E-state index in [0.717, 1.165) is 16.8 Å². The van der Waals surface area contributed by atoms with Gasteiger partial charge in [-0.15, -0.1) is 0 Å². The number of likely N-dealkylation sites (tertiary alicyclic amines) is 1. The first-order valence-electron chi connectivity index (χ1n) is 7.11. The Morgan fingerprint density at radius 3 is 2.82 bits per heavy atom. The van der Waals surface area contributed by atoms with Crippen molar-refractivity contribution < 1.29 is 9.90 Å². The molecule has 1 atom stereocenters. The van der Waals surface area contributed by atoms with Gasteiger partial charge in [0, 0.05) is 38.0 Å². The molecule has 0 unspecified atom stereocenters. The van der Waals surface area contributed by atoms with Crippen LogP contribution in [0.2, 0.25) is 0 Å². The lowest BCUT2D eigenvalue weighted by atomic mass is 10.0. The molecule has 1 N–H and O–H groups in total.